The van der Waals surface area contributed by atoms with Gasteiger partial charge in [-0.2, -0.15) is 0 Å². The van der Waals surface area contributed by atoms with Gasteiger partial charge in [-0.1, -0.05) is 30.3 Å². The number of aliphatic imine (C=N–C) groups is 1. The fraction of sp³-hybridized carbons (Fsp3) is 0. The van der Waals surface area contributed by atoms with E-state index >= 15 is 0 Å². The van der Waals surface area contributed by atoms with Crippen LogP contribution in [0.25, 0.3) is 0 Å². The third kappa shape index (κ3) is 1.35. The monoisotopic (exact) mass is 228 g/mol. The molecule has 0 unspecified atom stereocenters. The summed E-state index contributed by atoms with van der Waals surface area (Å²) in [6.45, 7) is 0. The normalized spacial score (nSPS) is 17.8. The van der Waals surface area contributed by atoms with E-state index < -0.39 is 0 Å². The molecule has 0 saturated carbocycles. The molecule has 0 bridgehead atoms. The van der Waals surface area contributed by atoms with Crippen molar-refractivity contribution in [3.05, 3.63) is 48.2 Å². The number of amides is 1. The summed E-state index contributed by atoms with van der Waals surface area (Å²) in [5, 5.41) is 0. The molecule has 3 nitrogen and oxygen atoms in total. The Balaban J connectivity index is 2.11. The molecule has 0 saturated heterocycles. The Kier molecular flexibility index (Phi) is 2.08. The van der Waals surface area contributed by atoms with Crippen LogP contribution in [0.2, 0.25) is 0 Å². The van der Waals surface area contributed by atoms with Crippen LogP contribution in [0.15, 0.2) is 47.6 Å². The second-order valence-electron chi connectivity index (χ2n) is 3.39. The zero-order valence-corrected chi connectivity index (χ0v) is 9.15. The molecule has 0 aliphatic carbocycles. The van der Waals surface area contributed by atoms with Crippen molar-refractivity contribution in [2.45, 2.75) is 0 Å². The first-order valence-electron chi connectivity index (χ1n) is 4.87. The lowest BCUT2D eigenvalue weighted by Gasteiger charge is -2.13. The first kappa shape index (κ1) is 9.30. The molecule has 0 spiro atoms. The molecule has 2 heterocycles. The van der Waals surface area contributed by atoms with Crippen molar-refractivity contribution in [2.24, 2.45) is 4.99 Å². The van der Waals surface area contributed by atoms with Crippen LogP contribution in [0.4, 0.5) is 0 Å². The highest BCUT2D eigenvalue weighted by Gasteiger charge is 2.27. The largest absolute Gasteiger partial charge is 0.274 e. The molecule has 0 atom stereocenters. The van der Waals surface area contributed by atoms with E-state index in [1.807, 2.05) is 36.4 Å². The van der Waals surface area contributed by atoms with Gasteiger partial charge in [0.15, 0.2) is 0 Å². The molecule has 0 fully saturated rings. The molecule has 3 rings (SSSR count). The van der Waals surface area contributed by atoms with Crippen molar-refractivity contribution in [1.29, 1.82) is 0 Å². The number of rotatable bonds is 1. The second-order valence-corrected chi connectivity index (χ2v) is 4.42. The van der Waals surface area contributed by atoms with E-state index in [1.165, 1.54) is 10.9 Å². The smallest absolute Gasteiger partial charge is 0.267 e. The van der Waals surface area contributed by atoms with E-state index in [1.54, 1.807) is 17.4 Å². The minimum atomic E-state index is -0.000648. The minimum Gasteiger partial charge on any atom is -0.267 e. The molecule has 1 amide bonds. The Bertz CT molecular complexity index is 580. The highest BCUT2D eigenvalue weighted by molar-refractivity contribution is 8.00. The van der Waals surface area contributed by atoms with E-state index in [4.69, 9.17) is 0 Å². The van der Waals surface area contributed by atoms with Gasteiger partial charge in [0.1, 0.15) is 16.2 Å². The molecule has 2 aliphatic rings. The van der Waals surface area contributed by atoms with Crippen molar-refractivity contribution in [3.8, 4) is 0 Å². The third-order valence-corrected chi connectivity index (χ3v) is 3.53. The van der Waals surface area contributed by atoms with Gasteiger partial charge in [0.05, 0.1) is 0 Å². The molecule has 78 valence electrons. The Morgan fingerprint density at radius 3 is 2.75 bits per heavy atom. The number of hydrogen-bond donors (Lipinski definition) is 0. The highest BCUT2D eigenvalue weighted by atomic mass is 32.1. The van der Waals surface area contributed by atoms with Crippen LogP contribution < -0.4 is 0 Å². The van der Waals surface area contributed by atoms with Gasteiger partial charge in [-0.05, 0) is 11.6 Å². The predicted octanol–water partition coefficient (Wildman–Crippen LogP) is 1.47. The number of benzene rings is 1. The average molecular weight is 228 g/mol. The maximum absolute atomic E-state index is 12.1. The fourth-order valence-electron chi connectivity index (χ4n) is 1.61. The Labute approximate surface area is 96.3 Å². The zero-order chi connectivity index (χ0) is 11.0. The lowest BCUT2D eigenvalue weighted by atomic mass is 10.1. The van der Waals surface area contributed by atoms with Crippen LogP contribution in [-0.4, -0.2) is 27.0 Å². The fourth-order valence-corrected chi connectivity index (χ4v) is 2.62. The standard InChI is InChI=1S/C12H8N2OS/c15-12-11(9-4-2-1-3-5-9)16-10-6-7-13-8-14(10)12/h1-8H. The van der Waals surface area contributed by atoms with Gasteiger partial charge in [-0.25, -0.2) is 4.99 Å². The van der Waals surface area contributed by atoms with Crippen LogP contribution in [0.3, 0.4) is 0 Å². The third-order valence-electron chi connectivity index (χ3n) is 2.38. The minimum absolute atomic E-state index is 0.000648. The molecular weight excluding hydrogens is 220 g/mol. The van der Waals surface area contributed by atoms with Gasteiger partial charge >= 0.3 is 0 Å². The molecule has 0 aromatic heterocycles. The summed E-state index contributed by atoms with van der Waals surface area (Å²) in [4.78, 5) is 19.3. The molecular formula is C12H8N2OS. The second kappa shape index (κ2) is 3.57. The lowest BCUT2D eigenvalue weighted by Crippen LogP contribution is -2.35. The zero-order valence-electron chi connectivity index (χ0n) is 8.33. The van der Waals surface area contributed by atoms with Gasteiger partial charge < -0.3 is 0 Å². The summed E-state index contributed by atoms with van der Waals surface area (Å²) in [7, 11) is 1.49. The van der Waals surface area contributed by atoms with Gasteiger partial charge in [0.2, 0.25) is 0 Å². The van der Waals surface area contributed by atoms with Gasteiger partial charge in [-0.15, -0.1) is 10.9 Å². The molecule has 4 heteroatoms. The average Bonchev–Trinajstić information content (AvgIpc) is 2.69. The summed E-state index contributed by atoms with van der Waals surface area (Å²) in [5.74, 6) is -0.000648. The van der Waals surface area contributed by atoms with Crippen LogP contribution in [0, 0.1) is 0 Å². The van der Waals surface area contributed by atoms with Crippen molar-refractivity contribution < 1.29 is 4.79 Å². The highest BCUT2D eigenvalue weighted by Crippen LogP contribution is 2.15. The van der Waals surface area contributed by atoms with Gasteiger partial charge in [0, 0.05) is 6.20 Å². The molecule has 0 N–H and O–H groups in total. The van der Waals surface area contributed by atoms with Crippen molar-refractivity contribution in [3.63, 3.8) is 0 Å². The first-order valence-corrected chi connectivity index (χ1v) is 5.68. The quantitative estimate of drug-likeness (QED) is 0.670. The summed E-state index contributed by atoms with van der Waals surface area (Å²) in [6.07, 6.45) is 5.10. The van der Waals surface area contributed by atoms with E-state index in [9.17, 15) is 4.79 Å². The number of hydrogen-bond acceptors (Lipinski definition) is 2. The predicted molar refractivity (Wildman–Crippen MR) is 67.6 cm³/mol. The summed E-state index contributed by atoms with van der Waals surface area (Å²) in [6, 6.07) is 9.69. The van der Waals surface area contributed by atoms with E-state index in [2.05, 4.69) is 4.99 Å². The Morgan fingerprint density at radius 2 is 2.00 bits per heavy atom. The van der Waals surface area contributed by atoms with Crippen molar-refractivity contribution >= 4 is 33.0 Å². The number of carbonyl (C=O) groups excluding carboxylic acids is 1. The molecule has 2 aliphatic heterocycles. The molecule has 16 heavy (non-hydrogen) atoms. The molecule has 0 radical (unpaired) electrons. The van der Waals surface area contributed by atoms with Crippen LogP contribution in [0.1, 0.15) is 5.56 Å². The van der Waals surface area contributed by atoms with E-state index in [0.717, 1.165) is 15.4 Å². The molecule has 1 aromatic rings. The number of fused-ring (bicyclic) bond motifs is 1. The van der Waals surface area contributed by atoms with Crippen molar-refractivity contribution in [1.82, 2.24) is 4.90 Å². The number of nitrogens with zero attached hydrogens (tertiary/aromatic N) is 2. The first-order chi connectivity index (χ1) is 7.86. The van der Waals surface area contributed by atoms with E-state index in [0.29, 0.717) is 0 Å². The van der Waals surface area contributed by atoms with Gasteiger partial charge in [-0.3, -0.25) is 9.69 Å². The van der Waals surface area contributed by atoms with E-state index in [-0.39, 0.29) is 5.91 Å². The maximum atomic E-state index is 12.1. The van der Waals surface area contributed by atoms with Crippen LogP contribution in [0.5, 0.6) is 0 Å². The summed E-state index contributed by atoms with van der Waals surface area (Å²) < 4.78 is 0. The van der Waals surface area contributed by atoms with Crippen LogP contribution >= 0.6 is 10.9 Å². The van der Waals surface area contributed by atoms with Crippen molar-refractivity contribution in [2.75, 3.05) is 0 Å². The number of carbonyl (C=O) groups is 1. The maximum Gasteiger partial charge on any atom is 0.274 e. The topological polar surface area (TPSA) is 32.7 Å². The molecule has 1 aromatic carbocycles. The SMILES string of the molecule is O=C1C(c2ccccc2)=S=C2C=CN=CN12. The summed E-state index contributed by atoms with van der Waals surface area (Å²) >= 11 is 0. The van der Waals surface area contributed by atoms with Gasteiger partial charge in [0.25, 0.3) is 5.91 Å². The van der Waals surface area contributed by atoms with Crippen LogP contribution in [-0.2, 0) is 4.79 Å². The lowest BCUT2D eigenvalue weighted by molar-refractivity contribution is -0.117. The summed E-state index contributed by atoms with van der Waals surface area (Å²) in [5.41, 5.74) is 0.959. The Hall–Kier alpha value is -1.94. The Morgan fingerprint density at radius 1 is 1.19 bits per heavy atom.